The molecular weight excluding hydrogens is 240 g/mol. The van der Waals surface area contributed by atoms with E-state index in [4.69, 9.17) is 0 Å². The summed E-state index contributed by atoms with van der Waals surface area (Å²) in [5.41, 5.74) is -5.33. The summed E-state index contributed by atoms with van der Waals surface area (Å²) in [5.74, 6) is 0. The lowest BCUT2D eigenvalue weighted by Crippen LogP contribution is -2.65. The molecule has 0 atom stereocenters. The Bertz CT molecular complexity index is 344. The monoisotopic (exact) mass is 246 g/mol. The Kier molecular flexibility index (Phi) is 2.30. The zero-order valence-electron chi connectivity index (χ0n) is 7.28. The van der Waals surface area contributed by atoms with Gasteiger partial charge in [-0.1, -0.05) is 0 Å². The Morgan fingerprint density at radius 1 is 1.07 bits per heavy atom. The highest BCUT2D eigenvalue weighted by atomic mass is 32.2. The van der Waals surface area contributed by atoms with E-state index in [-0.39, 0.29) is 0 Å². The average molecular weight is 246 g/mol. The summed E-state index contributed by atoms with van der Waals surface area (Å²) in [5, 5.41) is 0. The minimum atomic E-state index is -5.35. The molecule has 0 amide bonds. The summed E-state index contributed by atoms with van der Waals surface area (Å²) < 4.78 is 71.1. The third-order valence-corrected chi connectivity index (χ3v) is 4.43. The quantitative estimate of drug-likeness (QED) is 0.595. The van der Waals surface area contributed by atoms with Crippen LogP contribution in [0.2, 0.25) is 0 Å². The molecule has 10 heteroatoms. The first-order chi connectivity index (χ1) is 6.79. The van der Waals surface area contributed by atoms with Crippen LogP contribution in [0.25, 0.3) is 0 Å². The largest absolute Gasteiger partial charge is 0.639 e. The van der Waals surface area contributed by atoms with Crippen molar-refractivity contribution in [2.75, 3.05) is 19.8 Å². The molecule has 0 radical (unpaired) electrons. The predicted octanol–water partition coefficient (Wildman–Crippen LogP) is -0.278. The SMILES string of the molecule is O=S(=O)(C(F)(F)F)C12COB(OC1)OC2. The molecule has 2 bridgehead atoms. The fraction of sp³-hybridized carbons (Fsp3) is 1.00. The van der Waals surface area contributed by atoms with Gasteiger partial charge in [0.2, 0.25) is 0 Å². The Morgan fingerprint density at radius 2 is 1.47 bits per heavy atom. The van der Waals surface area contributed by atoms with E-state index in [1.165, 1.54) is 0 Å². The summed E-state index contributed by atoms with van der Waals surface area (Å²) in [7, 11) is -6.39. The third-order valence-electron chi connectivity index (χ3n) is 2.32. The molecule has 0 aromatic heterocycles. The van der Waals surface area contributed by atoms with Gasteiger partial charge in [-0.25, -0.2) is 8.42 Å². The van der Waals surface area contributed by atoms with Crippen LogP contribution in [0.15, 0.2) is 0 Å². The van der Waals surface area contributed by atoms with Crippen molar-refractivity contribution in [2.45, 2.75) is 10.3 Å². The molecule has 0 aliphatic carbocycles. The van der Waals surface area contributed by atoms with Gasteiger partial charge in [0, 0.05) is 0 Å². The van der Waals surface area contributed by atoms with Crippen molar-refractivity contribution < 1.29 is 35.6 Å². The summed E-state index contributed by atoms with van der Waals surface area (Å²) in [6.45, 7) is -1.67. The number of alkyl halides is 3. The zero-order chi connectivity index (χ0) is 11.3. The van der Waals surface area contributed by atoms with E-state index in [1.54, 1.807) is 0 Å². The number of rotatable bonds is 1. The first kappa shape index (κ1) is 11.2. The Hall–Kier alpha value is -0.315. The van der Waals surface area contributed by atoms with Crippen molar-refractivity contribution in [1.29, 1.82) is 0 Å². The first-order valence-electron chi connectivity index (χ1n) is 3.94. The van der Waals surface area contributed by atoms with Crippen molar-refractivity contribution in [2.24, 2.45) is 0 Å². The molecular formula is C5H6BF3O5S. The fourth-order valence-corrected chi connectivity index (χ4v) is 2.57. The first-order valence-corrected chi connectivity index (χ1v) is 5.43. The van der Waals surface area contributed by atoms with Gasteiger partial charge < -0.3 is 14.0 Å². The second-order valence-electron chi connectivity index (χ2n) is 3.35. The van der Waals surface area contributed by atoms with Crippen LogP contribution < -0.4 is 0 Å². The molecule has 3 fully saturated rings. The van der Waals surface area contributed by atoms with E-state index < -0.39 is 47.2 Å². The smallest absolute Gasteiger partial charge is 0.384 e. The maximum Gasteiger partial charge on any atom is 0.639 e. The lowest BCUT2D eigenvalue weighted by atomic mass is 10.0. The molecule has 0 saturated carbocycles. The Labute approximate surface area is 83.6 Å². The molecule has 5 nitrogen and oxygen atoms in total. The fourth-order valence-electron chi connectivity index (χ4n) is 1.41. The number of hydrogen-bond donors (Lipinski definition) is 0. The molecule has 0 spiro atoms. The lowest BCUT2D eigenvalue weighted by Gasteiger charge is -2.42. The van der Waals surface area contributed by atoms with E-state index in [9.17, 15) is 21.6 Å². The van der Waals surface area contributed by atoms with E-state index in [0.717, 1.165) is 0 Å². The standard InChI is InChI=1S/C5H6BF3O5S/c7-5(8,9)15(10,11)4-1-12-6(13-2-4)14-3-4/h1-3H2. The van der Waals surface area contributed by atoms with Crippen molar-refractivity contribution in [1.82, 2.24) is 0 Å². The maximum atomic E-state index is 12.3. The van der Waals surface area contributed by atoms with Gasteiger partial charge in [0.15, 0.2) is 0 Å². The molecule has 0 N–H and O–H groups in total. The van der Waals surface area contributed by atoms with Crippen molar-refractivity contribution in [3.8, 4) is 0 Å². The van der Waals surface area contributed by atoms with Crippen LogP contribution in [0.5, 0.6) is 0 Å². The van der Waals surface area contributed by atoms with Crippen molar-refractivity contribution in [3.63, 3.8) is 0 Å². The number of fused-ring (bicyclic) bond motifs is 3. The van der Waals surface area contributed by atoms with Gasteiger partial charge in [0.1, 0.15) is 4.75 Å². The van der Waals surface area contributed by atoms with E-state index in [2.05, 4.69) is 14.0 Å². The van der Waals surface area contributed by atoms with Crippen LogP contribution in [-0.4, -0.2) is 45.8 Å². The van der Waals surface area contributed by atoms with Crippen molar-refractivity contribution in [3.05, 3.63) is 0 Å². The summed E-state index contributed by atoms with van der Waals surface area (Å²) in [4.78, 5) is 0. The Morgan fingerprint density at radius 3 is 1.80 bits per heavy atom. The summed E-state index contributed by atoms with van der Waals surface area (Å²) >= 11 is 0. The average Bonchev–Trinajstić information content (AvgIpc) is 2.19. The molecule has 3 aliphatic heterocycles. The van der Waals surface area contributed by atoms with Gasteiger partial charge >= 0.3 is 12.8 Å². The molecule has 3 aliphatic rings. The topological polar surface area (TPSA) is 61.8 Å². The normalized spacial score (nSPS) is 25.7. The van der Waals surface area contributed by atoms with Gasteiger partial charge in [0.25, 0.3) is 9.84 Å². The predicted molar refractivity (Wildman–Crippen MR) is 41.3 cm³/mol. The molecule has 86 valence electrons. The third kappa shape index (κ3) is 1.47. The van der Waals surface area contributed by atoms with Gasteiger partial charge in [0.05, 0.1) is 19.8 Å². The Balaban J connectivity index is 2.37. The second-order valence-corrected chi connectivity index (χ2v) is 5.69. The highest BCUT2D eigenvalue weighted by molar-refractivity contribution is 7.93. The molecule has 3 rings (SSSR count). The van der Waals surface area contributed by atoms with Gasteiger partial charge in [-0.05, 0) is 0 Å². The van der Waals surface area contributed by atoms with E-state index in [0.29, 0.717) is 0 Å². The minimum absolute atomic E-state index is 0.556. The highest BCUT2D eigenvalue weighted by Gasteiger charge is 2.64. The summed E-state index contributed by atoms with van der Waals surface area (Å²) in [6.07, 6.45) is 0. The van der Waals surface area contributed by atoms with Crippen molar-refractivity contribution >= 4 is 17.2 Å². The second kappa shape index (κ2) is 3.09. The number of hydrogen-bond acceptors (Lipinski definition) is 5. The number of sulfone groups is 1. The highest BCUT2D eigenvalue weighted by Crippen LogP contribution is 2.38. The van der Waals surface area contributed by atoms with Crippen LogP contribution >= 0.6 is 0 Å². The lowest BCUT2D eigenvalue weighted by molar-refractivity contribution is -0.0697. The molecule has 0 aromatic rings. The van der Waals surface area contributed by atoms with Gasteiger partial charge in [-0.3, -0.25) is 0 Å². The van der Waals surface area contributed by atoms with E-state index in [1.807, 2.05) is 0 Å². The van der Waals surface area contributed by atoms with Gasteiger partial charge in [-0.2, -0.15) is 13.2 Å². The van der Waals surface area contributed by atoms with Crippen LogP contribution in [0.3, 0.4) is 0 Å². The van der Waals surface area contributed by atoms with E-state index >= 15 is 0 Å². The summed E-state index contributed by atoms with van der Waals surface area (Å²) in [6, 6.07) is 0. The maximum absolute atomic E-state index is 12.3. The molecule has 3 heterocycles. The van der Waals surface area contributed by atoms with Crippen LogP contribution in [0.1, 0.15) is 0 Å². The zero-order valence-corrected chi connectivity index (χ0v) is 8.10. The molecule has 0 aromatic carbocycles. The van der Waals surface area contributed by atoms with Gasteiger partial charge in [-0.15, -0.1) is 0 Å². The molecule has 3 saturated heterocycles. The number of halogens is 3. The van der Waals surface area contributed by atoms with Crippen LogP contribution in [0.4, 0.5) is 13.2 Å². The minimum Gasteiger partial charge on any atom is -0.384 e. The van der Waals surface area contributed by atoms with Crippen LogP contribution in [-0.2, 0) is 23.8 Å². The molecule has 0 unspecified atom stereocenters. The van der Waals surface area contributed by atoms with Crippen LogP contribution in [0, 0.1) is 0 Å². The molecule has 15 heavy (non-hydrogen) atoms.